The van der Waals surface area contributed by atoms with Crippen molar-refractivity contribution in [3.05, 3.63) is 53.6 Å². The van der Waals surface area contributed by atoms with E-state index in [-0.39, 0.29) is 38.2 Å². The van der Waals surface area contributed by atoms with Crippen LogP contribution >= 0.6 is 0 Å². The van der Waals surface area contributed by atoms with E-state index in [4.69, 9.17) is 85.3 Å². The lowest BCUT2D eigenvalue weighted by Gasteiger charge is -2.67. The van der Waals surface area contributed by atoms with E-state index in [2.05, 4.69) is 6.92 Å². The maximum absolute atomic E-state index is 13.7. The fourth-order valence-electron chi connectivity index (χ4n) is 18.2. The number of aliphatic hydroxyl groups excluding tert-OH is 4. The van der Waals surface area contributed by atoms with E-state index < -0.39 is 212 Å². The Morgan fingerprint density at radius 1 is 0.561 bits per heavy atom. The van der Waals surface area contributed by atoms with E-state index in [1.165, 1.54) is 20.1 Å². The summed E-state index contributed by atoms with van der Waals surface area (Å²) in [7, 11) is 7.98. The summed E-state index contributed by atoms with van der Waals surface area (Å²) >= 11 is 0. The van der Waals surface area contributed by atoms with E-state index in [1.807, 2.05) is 64.1 Å². The van der Waals surface area contributed by atoms with Gasteiger partial charge in [0, 0.05) is 79.6 Å². The third kappa shape index (κ3) is 14.3. The van der Waals surface area contributed by atoms with E-state index >= 15 is 0 Å². The van der Waals surface area contributed by atoms with Crippen molar-refractivity contribution in [1.82, 2.24) is 0 Å². The van der Waals surface area contributed by atoms with Gasteiger partial charge in [0.25, 0.3) is 0 Å². The third-order valence-electron chi connectivity index (χ3n) is 23.9. The van der Waals surface area contributed by atoms with Gasteiger partial charge < -0.3 is 121 Å². The molecule has 27 nitrogen and oxygen atoms in total. The van der Waals surface area contributed by atoms with Crippen LogP contribution in [0.25, 0.3) is 6.08 Å². The molecule has 4 aliphatic carbocycles. The number of rotatable bonds is 22. The smallest absolute Gasteiger partial charge is 0.331 e. The average molecular weight is 1390 g/mol. The normalized spacial score (nSPS) is 49.1. The number of fused-ring (bicyclic) bond motifs is 5. The number of hydrogen-bond acceptors (Lipinski definition) is 27. The van der Waals surface area contributed by atoms with Crippen molar-refractivity contribution in [3.8, 4) is 0 Å². The Morgan fingerprint density at radius 3 is 1.43 bits per heavy atom. The maximum Gasteiger partial charge on any atom is 0.331 e. The quantitative estimate of drug-likeness (QED) is 0.0495. The van der Waals surface area contributed by atoms with Gasteiger partial charge >= 0.3 is 5.97 Å². The lowest BCUT2D eigenvalue weighted by atomic mass is 9.42. The van der Waals surface area contributed by atoms with E-state index in [1.54, 1.807) is 48.4 Å². The second kappa shape index (κ2) is 30.9. The highest BCUT2D eigenvalue weighted by Gasteiger charge is 2.81. The molecule has 0 amide bonds. The number of Topliss-reactive ketones (excluding diaryl/α,β-unsaturated/α-hetero) is 1. The lowest BCUT2D eigenvalue weighted by Crippen LogP contribution is -2.78. The summed E-state index contributed by atoms with van der Waals surface area (Å²) in [6, 6.07) is 9.28. The van der Waals surface area contributed by atoms with Crippen LogP contribution in [-0.4, -0.2) is 272 Å². The molecular formula is C71H108O27. The largest absolute Gasteiger partial charge is 0.458 e. The molecule has 10 aliphatic rings. The summed E-state index contributed by atoms with van der Waals surface area (Å²) < 4.78 is 114. The highest BCUT2D eigenvalue weighted by Crippen LogP contribution is 2.71. The van der Waals surface area contributed by atoms with Gasteiger partial charge in [0.2, 0.25) is 0 Å². The van der Waals surface area contributed by atoms with Crippen molar-refractivity contribution in [3.63, 3.8) is 0 Å². The second-order valence-corrected chi connectivity index (χ2v) is 29.3. The van der Waals surface area contributed by atoms with Crippen LogP contribution in [0.4, 0.5) is 0 Å². The minimum Gasteiger partial charge on any atom is -0.458 e. The molecule has 0 radical (unpaired) electrons. The molecule has 98 heavy (non-hydrogen) atoms. The van der Waals surface area contributed by atoms with E-state index in [0.717, 1.165) is 11.1 Å². The molecule has 554 valence electrons. The van der Waals surface area contributed by atoms with Crippen LogP contribution in [0, 0.1) is 16.7 Å². The topological polar surface area (TPSA) is 342 Å². The molecule has 0 unspecified atom stereocenters. The Bertz CT molecular complexity index is 2890. The molecular weight excluding hydrogens is 1280 g/mol. The van der Waals surface area contributed by atoms with Crippen LogP contribution in [0.5, 0.6) is 0 Å². The summed E-state index contributed by atoms with van der Waals surface area (Å²) in [6.45, 7) is 13.7. The van der Waals surface area contributed by atoms with Crippen LogP contribution in [0.1, 0.15) is 138 Å². The van der Waals surface area contributed by atoms with Gasteiger partial charge in [-0.2, -0.15) is 0 Å². The zero-order valence-corrected chi connectivity index (χ0v) is 58.8. The number of benzene rings is 1. The van der Waals surface area contributed by atoms with Gasteiger partial charge in [-0.15, -0.1) is 0 Å². The van der Waals surface area contributed by atoms with Gasteiger partial charge in [-0.3, -0.25) is 4.79 Å². The summed E-state index contributed by atoms with van der Waals surface area (Å²) in [6.07, 6.45) is -12.3. The maximum atomic E-state index is 13.7. The average Bonchev–Trinajstić information content (AvgIpc) is 1.38. The minimum atomic E-state index is -2.07. The minimum absolute atomic E-state index is 0.0654. The van der Waals surface area contributed by atoms with Crippen LogP contribution in [0.2, 0.25) is 0 Å². The number of carbonyl (C=O) groups excluding carboxylic acids is 2. The Labute approximate surface area is 574 Å². The third-order valence-corrected chi connectivity index (χ3v) is 23.9. The Balaban J connectivity index is 0.655. The van der Waals surface area contributed by atoms with Crippen LogP contribution in [0.3, 0.4) is 0 Å². The standard InChI is InChI=1S/C71H108O27/c1-35-61(44(81-9)28-53(86-35)91-43-22-23-67(7)42(27-43)21-24-70(79)50(67)33-51(93-52(74)20-19-41-17-15-14-16-18-41)68(8)69(78,40(6)73)25-26-71(68,70)80)94-54-29-45(82-10)62(36(2)87-54)95-55-30-46(83-11)63(37(3)88-55)96-56-31-47(84-12)64(38(4)89-56)97-57-32-48(85-13)65(39(5)90-57)98-66-60(77)59(76)58(75)49(34-72)92-66/h14-21,35-39,43-51,53-66,72,75-80H,22-34H2,1-13H3/b20-19+/t35-,36-,37-,38-,39-,43+,44+,45+,46-,47+,48+,49-,50-,51-,53+,54+,55+,56+,57+,58-,59+,60-,61-,62-,63-,64-,65-,66+,67+,68-,69-,70+,71-/m1/s1. The van der Waals surface area contributed by atoms with Crippen molar-refractivity contribution in [2.45, 2.75) is 315 Å². The first-order valence-corrected chi connectivity index (χ1v) is 35.1. The molecule has 11 rings (SSSR count). The first kappa shape index (κ1) is 76.0. The molecule has 6 aliphatic heterocycles. The van der Waals surface area contributed by atoms with E-state index in [9.17, 15) is 45.3 Å². The van der Waals surface area contributed by atoms with Crippen molar-refractivity contribution < 1.29 is 131 Å². The van der Waals surface area contributed by atoms with Crippen molar-refractivity contribution >= 4 is 17.8 Å². The number of ether oxygens (including phenoxy) is 18. The summed E-state index contributed by atoms with van der Waals surface area (Å²) in [5, 5.41) is 79.3. The van der Waals surface area contributed by atoms with E-state index in [0.29, 0.717) is 44.9 Å². The SMILES string of the molecule is CO[C@H]1C[C@H](O[C@H]2CC[C@@]3(C)C(=CC[C@]4(O)[C@@H]3C[C@@H](OC(=O)/C=C/c3ccccc3)[C@@]3(C)[C@]4(O)CC[C@@]3(O)C(C)=O)C2)O[C@H](C)[C@H]1O[C@H]1C[C@H](OC)[C@H](O[C@H]2C[C@@H](OC)[C@H](O[C@H]3C[C@H](OC)[C@H](O[C@H]4C[C@H](OC)[C@H](O[C@@H]5O[C@H](CO)[C@@H](O)[C@H](O)[C@H]5O)[C@@H](C)O4)[C@@H](C)O3)[C@@H](C)O2)[C@@H](C)O1. The Kier molecular flexibility index (Phi) is 24.0. The number of carbonyl (C=O) groups is 2. The van der Waals surface area contributed by atoms with Gasteiger partial charge in [-0.05, 0) is 110 Å². The fraction of sp³-hybridized carbons (Fsp3) is 0.831. The van der Waals surface area contributed by atoms with Crippen molar-refractivity contribution in [2.75, 3.05) is 42.2 Å². The molecule has 33 atom stereocenters. The summed E-state index contributed by atoms with van der Waals surface area (Å²) in [5.41, 5.74) is -6.38. The summed E-state index contributed by atoms with van der Waals surface area (Å²) in [5.74, 6) is -1.85. The van der Waals surface area contributed by atoms with Crippen LogP contribution in [-0.2, 0) is 94.9 Å². The fourth-order valence-corrected chi connectivity index (χ4v) is 18.2. The number of hydrogen-bond donors (Lipinski definition) is 7. The molecule has 3 saturated carbocycles. The molecule has 0 bridgehead atoms. The van der Waals surface area contributed by atoms with Gasteiger partial charge in [-0.1, -0.05) is 48.9 Å². The number of methoxy groups -OCH3 is 5. The first-order valence-electron chi connectivity index (χ1n) is 35.1. The first-order chi connectivity index (χ1) is 46.6. The Morgan fingerprint density at radius 2 is 1.00 bits per heavy atom. The second-order valence-electron chi connectivity index (χ2n) is 29.3. The molecule has 9 fully saturated rings. The molecule has 6 heterocycles. The molecule has 6 saturated heterocycles. The van der Waals surface area contributed by atoms with Crippen LogP contribution in [0.15, 0.2) is 48.1 Å². The molecule has 27 heteroatoms. The number of ketones is 1. The van der Waals surface area contributed by atoms with Crippen molar-refractivity contribution in [2.24, 2.45) is 16.7 Å². The lowest BCUT2D eigenvalue weighted by molar-refractivity contribution is -0.360. The zero-order valence-electron chi connectivity index (χ0n) is 58.8. The predicted octanol–water partition coefficient (Wildman–Crippen LogP) is 3.59. The van der Waals surface area contributed by atoms with Gasteiger partial charge in [0.1, 0.15) is 77.8 Å². The molecule has 7 N–H and O–H groups in total. The van der Waals surface area contributed by atoms with Crippen LogP contribution < -0.4 is 0 Å². The molecule has 0 aromatic heterocycles. The Hall–Kier alpha value is -3.12. The molecule has 1 aromatic carbocycles. The number of aliphatic hydroxyl groups is 7. The van der Waals surface area contributed by atoms with Gasteiger partial charge in [0.15, 0.2) is 43.5 Å². The highest BCUT2D eigenvalue weighted by atomic mass is 16.8. The van der Waals surface area contributed by atoms with Gasteiger partial charge in [-0.25, -0.2) is 4.79 Å². The predicted molar refractivity (Wildman–Crippen MR) is 343 cm³/mol. The molecule has 1 aromatic rings. The van der Waals surface area contributed by atoms with Gasteiger partial charge in [0.05, 0.1) is 79.2 Å². The summed E-state index contributed by atoms with van der Waals surface area (Å²) in [4.78, 5) is 27.1. The highest BCUT2D eigenvalue weighted by molar-refractivity contribution is 5.89. The van der Waals surface area contributed by atoms with Crippen molar-refractivity contribution in [1.29, 1.82) is 0 Å². The molecule has 0 spiro atoms. The number of esters is 1. The monoisotopic (exact) mass is 1390 g/mol. The zero-order chi connectivity index (χ0) is 70.6.